The summed E-state index contributed by atoms with van der Waals surface area (Å²) in [5.74, 6) is -2.22. The van der Waals surface area contributed by atoms with Crippen molar-refractivity contribution < 1.29 is 44.8 Å². The standard InChI is InChI=1S/C19H22F3NO7S2/c1-7-28-17(25)14(29-18(4,5)6)12-9(2)8-11-15(31-16(23-11)10(3)24)13(12)30-32(26,27)19(20,21)22/h8,14H,7H2,1-6H3/t14-/m0/s1. The molecular weight excluding hydrogens is 475 g/mol. The quantitative estimate of drug-likeness (QED) is 0.239. The molecule has 0 amide bonds. The highest BCUT2D eigenvalue weighted by Crippen LogP contribution is 2.44. The fourth-order valence-corrected chi connectivity index (χ4v) is 4.16. The van der Waals surface area contributed by atoms with Gasteiger partial charge in [-0.1, -0.05) is 0 Å². The number of esters is 1. The van der Waals surface area contributed by atoms with Gasteiger partial charge in [0.25, 0.3) is 0 Å². The molecule has 0 N–H and O–H groups in total. The monoisotopic (exact) mass is 497 g/mol. The predicted molar refractivity (Wildman–Crippen MR) is 110 cm³/mol. The van der Waals surface area contributed by atoms with Crippen molar-refractivity contribution in [2.75, 3.05) is 6.61 Å². The number of halogens is 3. The molecule has 0 radical (unpaired) electrons. The van der Waals surface area contributed by atoms with E-state index in [2.05, 4.69) is 9.17 Å². The summed E-state index contributed by atoms with van der Waals surface area (Å²) in [6.07, 6.45) is -1.61. The van der Waals surface area contributed by atoms with Crippen molar-refractivity contribution >= 4 is 43.4 Å². The lowest BCUT2D eigenvalue weighted by Gasteiger charge is -2.28. The van der Waals surface area contributed by atoms with Crippen LogP contribution in [-0.2, 0) is 24.4 Å². The fourth-order valence-electron chi connectivity index (χ4n) is 2.69. The van der Waals surface area contributed by atoms with Gasteiger partial charge in [0.15, 0.2) is 22.6 Å². The number of hydrogen-bond donors (Lipinski definition) is 0. The number of benzene rings is 1. The van der Waals surface area contributed by atoms with E-state index in [1.54, 1.807) is 20.8 Å². The molecule has 0 aliphatic carbocycles. The first-order valence-electron chi connectivity index (χ1n) is 9.28. The van der Waals surface area contributed by atoms with Crippen molar-refractivity contribution in [2.45, 2.75) is 58.8 Å². The number of carbonyl (C=O) groups is 2. The lowest BCUT2D eigenvalue weighted by Crippen LogP contribution is -2.31. The summed E-state index contributed by atoms with van der Waals surface area (Å²) in [7, 11) is -6.12. The minimum Gasteiger partial charge on any atom is -0.464 e. The van der Waals surface area contributed by atoms with Crippen molar-refractivity contribution in [3.63, 3.8) is 0 Å². The van der Waals surface area contributed by atoms with E-state index in [9.17, 15) is 31.2 Å². The molecule has 32 heavy (non-hydrogen) atoms. The lowest BCUT2D eigenvalue weighted by molar-refractivity contribution is -0.167. The normalized spacial score (nSPS) is 13.8. The van der Waals surface area contributed by atoms with Crippen LogP contribution in [0.4, 0.5) is 13.2 Å². The average molecular weight is 498 g/mol. The Labute approximate surface area is 186 Å². The number of alkyl halides is 3. The van der Waals surface area contributed by atoms with Gasteiger partial charge in [-0.15, -0.1) is 11.3 Å². The van der Waals surface area contributed by atoms with Gasteiger partial charge >= 0.3 is 21.6 Å². The average Bonchev–Trinajstić information content (AvgIpc) is 3.02. The van der Waals surface area contributed by atoms with Crippen LogP contribution in [0.5, 0.6) is 5.75 Å². The Morgan fingerprint density at radius 3 is 2.28 bits per heavy atom. The van der Waals surface area contributed by atoms with E-state index in [0.29, 0.717) is 11.3 Å². The van der Waals surface area contributed by atoms with Crippen molar-refractivity contribution in [1.82, 2.24) is 4.98 Å². The molecular formula is C19H22F3NO7S2. The van der Waals surface area contributed by atoms with Gasteiger partial charge in [0, 0.05) is 12.5 Å². The molecule has 0 fully saturated rings. The Morgan fingerprint density at radius 1 is 1.22 bits per heavy atom. The first-order valence-corrected chi connectivity index (χ1v) is 11.5. The van der Waals surface area contributed by atoms with Crippen LogP contribution in [0.25, 0.3) is 10.2 Å². The number of fused-ring (bicyclic) bond motifs is 1. The number of aromatic nitrogens is 1. The van der Waals surface area contributed by atoms with Gasteiger partial charge in [-0.05, 0) is 46.2 Å². The molecule has 0 spiro atoms. The second kappa shape index (κ2) is 8.94. The Hall–Kier alpha value is -2.25. The Balaban J connectivity index is 2.91. The third kappa shape index (κ3) is 5.56. The van der Waals surface area contributed by atoms with Gasteiger partial charge in [-0.3, -0.25) is 4.79 Å². The molecule has 1 atom stereocenters. The topological polar surface area (TPSA) is 109 Å². The van der Waals surface area contributed by atoms with Crippen LogP contribution < -0.4 is 4.18 Å². The molecule has 1 aromatic carbocycles. The summed E-state index contributed by atoms with van der Waals surface area (Å²) < 4.78 is 78.3. The zero-order chi connectivity index (χ0) is 24.6. The molecule has 0 aliphatic rings. The minimum atomic E-state index is -6.12. The number of ether oxygens (including phenoxy) is 2. The van der Waals surface area contributed by atoms with Gasteiger partial charge in [-0.25, -0.2) is 9.78 Å². The van der Waals surface area contributed by atoms with Gasteiger partial charge in [0.1, 0.15) is 0 Å². The second-order valence-electron chi connectivity index (χ2n) is 7.71. The summed E-state index contributed by atoms with van der Waals surface area (Å²) in [5.41, 5.74) is -6.78. The van der Waals surface area contributed by atoms with Crippen molar-refractivity contribution in [2.24, 2.45) is 0 Å². The van der Waals surface area contributed by atoms with E-state index in [1.807, 2.05) is 0 Å². The summed E-state index contributed by atoms with van der Waals surface area (Å²) in [6.45, 7) is 8.88. The molecule has 0 aliphatic heterocycles. The summed E-state index contributed by atoms with van der Waals surface area (Å²) >= 11 is 0.642. The molecule has 1 aromatic heterocycles. The van der Waals surface area contributed by atoms with E-state index >= 15 is 0 Å². The number of thiazole rings is 1. The first-order chi connectivity index (χ1) is 14.5. The highest BCUT2D eigenvalue weighted by molar-refractivity contribution is 7.88. The van der Waals surface area contributed by atoms with E-state index in [4.69, 9.17) is 9.47 Å². The highest BCUT2D eigenvalue weighted by atomic mass is 32.2. The maximum Gasteiger partial charge on any atom is 0.534 e. The van der Waals surface area contributed by atoms with Crippen LogP contribution in [0, 0.1) is 6.92 Å². The van der Waals surface area contributed by atoms with Crippen molar-refractivity contribution in [3.8, 4) is 5.75 Å². The Bertz CT molecular complexity index is 1150. The molecule has 0 saturated heterocycles. The number of rotatable bonds is 7. The van der Waals surface area contributed by atoms with Crippen molar-refractivity contribution in [1.29, 1.82) is 0 Å². The van der Waals surface area contributed by atoms with Crippen molar-refractivity contribution in [3.05, 3.63) is 22.2 Å². The van der Waals surface area contributed by atoms with Crippen LogP contribution in [0.2, 0.25) is 0 Å². The summed E-state index contributed by atoms with van der Waals surface area (Å²) in [6, 6.07) is 1.40. The van der Waals surface area contributed by atoms with Gasteiger partial charge in [-0.2, -0.15) is 21.6 Å². The number of Topliss-reactive ketones (excluding diaryl/α,β-unsaturated/α-hetero) is 1. The molecule has 2 rings (SSSR count). The van der Waals surface area contributed by atoms with Crippen LogP contribution >= 0.6 is 11.3 Å². The molecule has 1 heterocycles. The maximum atomic E-state index is 13.1. The Morgan fingerprint density at radius 2 is 1.81 bits per heavy atom. The number of ketones is 1. The molecule has 2 aromatic rings. The minimum absolute atomic E-state index is 0.0344. The molecule has 8 nitrogen and oxygen atoms in total. The summed E-state index contributed by atoms with van der Waals surface area (Å²) in [4.78, 5) is 28.5. The lowest BCUT2D eigenvalue weighted by atomic mass is 10.00. The smallest absolute Gasteiger partial charge is 0.464 e. The third-order valence-electron chi connectivity index (χ3n) is 3.89. The predicted octanol–water partition coefficient (Wildman–Crippen LogP) is 4.46. The van der Waals surface area contributed by atoms with Gasteiger partial charge in [0.2, 0.25) is 0 Å². The number of nitrogens with zero attached hydrogens (tertiary/aromatic N) is 1. The molecule has 0 unspecified atom stereocenters. The van der Waals surface area contributed by atoms with Gasteiger partial charge < -0.3 is 13.7 Å². The van der Waals surface area contributed by atoms with Crippen LogP contribution in [-0.4, -0.2) is 42.9 Å². The maximum absolute atomic E-state index is 13.1. The van der Waals surface area contributed by atoms with Gasteiger partial charge in [0.05, 0.1) is 22.4 Å². The van der Waals surface area contributed by atoms with E-state index in [1.165, 1.54) is 26.8 Å². The third-order valence-corrected chi connectivity index (χ3v) is 6.02. The summed E-state index contributed by atoms with van der Waals surface area (Å²) in [5, 5.41) is -0.0739. The number of carbonyl (C=O) groups excluding carboxylic acids is 2. The highest BCUT2D eigenvalue weighted by Gasteiger charge is 2.50. The second-order valence-corrected chi connectivity index (χ2v) is 10.2. The zero-order valence-electron chi connectivity index (χ0n) is 18.1. The SMILES string of the molecule is CCOC(=O)[C@@H](OC(C)(C)C)c1c(C)cc2nc(C(C)=O)sc2c1OS(=O)(=O)C(F)(F)F. The van der Waals surface area contributed by atoms with Crippen LogP contribution in [0.1, 0.15) is 61.7 Å². The number of hydrogen-bond acceptors (Lipinski definition) is 9. The molecule has 0 saturated carbocycles. The van der Waals surface area contributed by atoms with E-state index < -0.39 is 44.8 Å². The van der Waals surface area contributed by atoms with Crippen LogP contribution in [0.15, 0.2) is 6.07 Å². The van der Waals surface area contributed by atoms with Crippen LogP contribution in [0.3, 0.4) is 0 Å². The number of aryl methyl sites for hydroxylation is 1. The molecule has 0 bridgehead atoms. The molecule has 178 valence electrons. The fraction of sp³-hybridized carbons (Fsp3) is 0.526. The Kier molecular flexibility index (Phi) is 7.27. The first kappa shape index (κ1) is 26.0. The van der Waals surface area contributed by atoms with E-state index in [0.717, 1.165) is 0 Å². The zero-order valence-corrected chi connectivity index (χ0v) is 19.8. The van der Waals surface area contributed by atoms with E-state index in [-0.39, 0.29) is 33.0 Å². The molecule has 13 heteroatoms. The largest absolute Gasteiger partial charge is 0.534 e.